The molecule has 0 radical (unpaired) electrons. The van der Waals surface area contributed by atoms with E-state index in [2.05, 4.69) is 10.4 Å². The van der Waals surface area contributed by atoms with Crippen molar-refractivity contribution in [3.05, 3.63) is 34.3 Å². The van der Waals surface area contributed by atoms with E-state index in [1.807, 2.05) is 37.3 Å². The van der Waals surface area contributed by atoms with Gasteiger partial charge in [-0.15, -0.1) is 5.10 Å². The van der Waals surface area contributed by atoms with Crippen LogP contribution in [-0.2, 0) is 9.53 Å². The van der Waals surface area contributed by atoms with Gasteiger partial charge in [-0.25, -0.2) is 4.68 Å². The van der Waals surface area contributed by atoms with Crippen molar-refractivity contribution in [1.29, 1.82) is 0 Å². The lowest BCUT2D eigenvalue weighted by atomic mass is 10.2. The van der Waals surface area contributed by atoms with E-state index in [1.54, 1.807) is 4.68 Å². The molecular formula is C16H19N3O2S3. The zero-order valence-corrected chi connectivity index (χ0v) is 15.8. The van der Waals surface area contributed by atoms with Crippen molar-refractivity contribution >= 4 is 41.2 Å². The second-order valence-corrected chi connectivity index (χ2v) is 8.73. The van der Waals surface area contributed by atoms with Gasteiger partial charge >= 0.3 is 0 Å². The molecule has 0 spiro atoms. The molecule has 0 bridgehead atoms. The molecule has 2 heterocycles. The number of thioether (sulfide) groups is 1. The van der Waals surface area contributed by atoms with Gasteiger partial charge < -0.3 is 10.1 Å². The molecule has 128 valence electrons. The second kappa shape index (κ2) is 8.24. The second-order valence-electron chi connectivity index (χ2n) is 5.52. The van der Waals surface area contributed by atoms with Crippen molar-refractivity contribution in [3.8, 4) is 5.69 Å². The van der Waals surface area contributed by atoms with E-state index in [0.717, 1.165) is 29.5 Å². The Balaban J connectivity index is 1.59. The number of carbonyl (C=O) groups excluding carboxylic acids is 1. The molecule has 1 amide bonds. The molecule has 0 unspecified atom stereocenters. The van der Waals surface area contributed by atoms with Crippen molar-refractivity contribution in [3.63, 3.8) is 0 Å². The highest BCUT2D eigenvalue weighted by Crippen LogP contribution is 2.27. The number of ether oxygens (including phenoxy) is 1. The van der Waals surface area contributed by atoms with Crippen molar-refractivity contribution < 1.29 is 9.53 Å². The van der Waals surface area contributed by atoms with E-state index in [-0.39, 0.29) is 17.3 Å². The lowest BCUT2D eigenvalue weighted by Crippen LogP contribution is -2.36. The summed E-state index contributed by atoms with van der Waals surface area (Å²) >= 11 is 8.24. The van der Waals surface area contributed by atoms with Crippen LogP contribution in [-0.4, -0.2) is 40.2 Å². The Kier molecular flexibility index (Phi) is 6.04. The fourth-order valence-corrected chi connectivity index (χ4v) is 4.94. The smallest absolute Gasteiger partial charge is 0.233 e. The number of para-hydroxylation sites is 1. The van der Waals surface area contributed by atoms with Gasteiger partial charge in [0.25, 0.3) is 0 Å². The summed E-state index contributed by atoms with van der Waals surface area (Å²) in [6.45, 7) is 3.26. The van der Waals surface area contributed by atoms with Crippen LogP contribution in [0.3, 0.4) is 0 Å². The van der Waals surface area contributed by atoms with Gasteiger partial charge in [0.05, 0.1) is 17.0 Å². The van der Waals surface area contributed by atoms with E-state index in [9.17, 15) is 4.79 Å². The maximum absolute atomic E-state index is 12.2. The van der Waals surface area contributed by atoms with E-state index in [0.29, 0.717) is 10.5 Å². The van der Waals surface area contributed by atoms with Crippen LogP contribution in [0.15, 0.2) is 34.7 Å². The summed E-state index contributed by atoms with van der Waals surface area (Å²) in [5.74, 6) is 0.00267. The summed E-state index contributed by atoms with van der Waals surface area (Å²) in [5, 5.41) is 7.26. The third-order valence-electron chi connectivity index (χ3n) is 3.70. The molecule has 1 aliphatic rings. The number of carbonyl (C=O) groups is 1. The summed E-state index contributed by atoms with van der Waals surface area (Å²) in [4.78, 5) is 12.2. The average molecular weight is 382 g/mol. The number of hydrogen-bond donors (Lipinski definition) is 1. The molecule has 1 aromatic heterocycles. The third-order valence-corrected chi connectivity index (χ3v) is 6.12. The van der Waals surface area contributed by atoms with Gasteiger partial charge in [-0.3, -0.25) is 4.79 Å². The first-order chi connectivity index (χ1) is 11.6. The fourth-order valence-electron chi connectivity index (χ4n) is 2.41. The first-order valence-electron chi connectivity index (χ1n) is 7.85. The highest BCUT2D eigenvalue weighted by molar-refractivity contribution is 8.02. The van der Waals surface area contributed by atoms with Crippen molar-refractivity contribution in [2.75, 3.05) is 13.2 Å². The maximum Gasteiger partial charge on any atom is 0.233 e. The number of rotatable bonds is 6. The molecule has 1 saturated heterocycles. The van der Waals surface area contributed by atoms with E-state index in [4.69, 9.17) is 17.0 Å². The normalized spacial score (nSPS) is 18.5. The first-order valence-corrected chi connectivity index (χ1v) is 9.95. The third kappa shape index (κ3) is 4.44. The monoisotopic (exact) mass is 381 g/mol. The summed E-state index contributed by atoms with van der Waals surface area (Å²) < 4.78 is 8.73. The van der Waals surface area contributed by atoms with Gasteiger partial charge in [0, 0.05) is 13.2 Å². The zero-order chi connectivity index (χ0) is 16.9. The topological polar surface area (TPSA) is 56.2 Å². The van der Waals surface area contributed by atoms with Crippen LogP contribution in [0.1, 0.15) is 19.8 Å². The number of benzene rings is 1. The Morgan fingerprint density at radius 3 is 3.04 bits per heavy atom. The zero-order valence-electron chi connectivity index (χ0n) is 13.3. The van der Waals surface area contributed by atoms with Crippen molar-refractivity contribution in [2.45, 2.75) is 35.5 Å². The molecule has 2 aromatic rings. The molecule has 5 nitrogen and oxygen atoms in total. The Morgan fingerprint density at radius 1 is 1.54 bits per heavy atom. The van der Waals surface area contributed by atoms with Crippen LogP contribution in [0.4, 0.5) is 0 Å². The maximum atomic E-state index is 12.2. The minimum absolute atomic E-state index is 0.00267. The lowest BCUT2D eigenvalue weighted by molar-refractivity contribution is -0.120. The Hall–Kier alpha value is -1.22. The van der Waals surface area contributed by atoms with Crippen molar-refractivity contribution in [2.24, 2.45) is 0 Å². The SMILES string of the molecule is C[C@H](Sc1nn(-c2ccccc2)c(=S)s1)C(=O)NC[C@@H]1CCCO1. The van der Waals surface area contributed by atoms with Crippen LogP contribution in [0.2, 0.25) is 0 Å². The summed E-state index contributed by atoms with van der Waals surface area (Å²) in [6, 6.07) is 9.77. The summed E-state index contributed by atoms with van der Waals surface area (Å²) in [6.07, 6.45) is 2.25. The van der Waals surface area contributed by atoms with Gasteiger partial charge in [0.1, 0.15) is 0 Å². The molecular weight excluding hydrogens is 362 g/mol. The average Bonchev–Trinajstić information content (AvgIpc) is 3.23. The van der Waals surface area contributed by atoms with Gasteiger partial charge in [-0.05, 0) is 44.1 Å². The minimum atomic E-state index is -0.226. The highest BCUT2D eigenvalue weighted by atomic mass is 32.2. The van der Waals surface area contributed by atoms with E-state index < -0.39 is 0 Å². The number of hydrogen-bond acceptors (Lipinski definition) is 6. The van der Waals surface area contributed by atoms with Gasteiger partial charge in [0.15, 0.2) is 8.29 Å². The van der Waals surface area contributed by atoms with E-state index in [1.165, 1.54) is 23.1 Å². The molecule has 1 N–H and O–H groups in total. The fraction of sp³-hybridized carbons (Fsp3) is 0.438. The molecule has 0 saturated carbocycles. The van der Waals surface area contributed by atoms with Crippen LogP contribution >= 0.6 is 35.3 Å². The molecule has 0 aliphatic carbocycles. The Morgan fingerprint density at radius 2 is 2.33 bits per heavy atom. The summed E-state index contributed by atoms with van der Waals surface area (Å²) in [7, 11) is 0. The predicted octanol–water partition coefficient (Wildman–Crippen LogP) is 3.44. The van der Waals surface area contributed by atoms with Crippen LogP contribution < -0.4 is 5.32 Å². The van der Waals surface area contributed by atoms with Gasteiger partial charge in [-0.2, -0.15) is 0 Å². The standard InChI is InChI=1S/C16H19N3O2S3/c1-11(14(20)17-10-13-8-5-9-21-13)23-15-18-19(16(22)24-15)12-6-3-2-4-7-12/h2-4,6-7,11,13H,5,8-10H2,1H3,(H,17,20)/t11-,13-/m0/s1. The minimum Gasteiger partial charge on any atom is -0.376 e. The molecule has 1 aromatic carbocycles. The first kappa shape index (κ1) is 17.6. The molecule has 8 heteroatoms. The quantitative estimate of drug-likeness (QED) is 0.614. The van der Waals surface area contributed by atoms with Crippen LogP contribution in [0.25, 0.3) is 5.69 Å². The Labute approximate surface area is 154 Å². The van der Waals surface area contributed by atoms with Crippen LogP contribution in [0, 0.1) is 3.95 Å². The van der Waals surface area contributed by atoms with Gasteiger partial charge in [0.2, 0.25) is 5.91 Å². The number of aromatic nitrogens is 2. The molecule has 1 aliphatic heterocycles. The van der Waals surface area contributed by atoms with E-state index >= 15 is 0 Å². The molecule has 24 heavy (non-hydrogen) atoms. The highest BCUT2D eigenvalue weighted by Gasteiger charge is 2.20. The Bertz CT molecular complexity index is 739. The van der Waals surface area contributed by atoms with Crippen molar-refractivity contribution in [1.82, 2.24) is 15.1 Å². The largest absolute Gasteiger partial charge is 0.376 e. The number of amides is 1. The molecule has 2 atom stereocenters. The lowest BCUT2D eigenvalue weighted by Gasteiger charge is -2.13. The molecule has 3 rings (SSSR count). The van der Waals surface area contributed by atoms with Gasteiger partial charge in [-0.1, -0.05) is 41.3 Å². The number of nitrogens with one attached hydrogen (secondary N) is 1. The van der Waals surface area contributed by atoms with Crippen LogP contribution in [0.5, 0.6) is 0 Å². The predicted molar refractivity (Wildman–Crippen MR) is 99.6 cm³/mol. The molecule has 1 fully saturated rings. The summed E-state index contributed by atoms with van der Waals surface area (Å²) in [5.41, 5.74) is 0.932. The number of nitrogens with zero attached hydrogens (tertiary/aromatic N) is 2.